The third-order valence-electron chi connectivity index (χ3n) is 2.34. The van der Waals surface area contributed by atoms with Crippen LogP contribution in [0, 0.1) is 0 Å². The molecule has 0 saturated heterocycles. The van der Waals surface area contributed by atoms with E-state index in [1.807, 2.05) is 0 Å². The lowest BCUT2D eigenvalue weighted by molar-refractivity contribution is 0.0809. The Morgan fingerprint density at radius 3 is 2.93 bits per heavy atom. The molecule has 76 valence electrons. The summed E-state index contributed by atoms with van der Waals surface area (Å²) in [6.07, 6.45) is 0.201. The summed E-state index contributed by atoms with van der Waals surface area (Å²) in [7, 11) is 7.35. The number of ketones is 1. The van der Waals surface area contributed by atoms with E-state index in [1.165, 1.54) is 0 Å². The molecule has 0 fully saturated rings. The molecule has 4 heteroatoms. The van der Waals surface area contributed by atoms with Crippen molar-refractivity contribution in [1.29, 1.82) is 0 Å². The van der Waals surface area contributed by atoms with E-state index in [4.69, 9.17) is 17.3 Å². The van der Waals surface area contributed by atoms with Crippen molar-refractivity contribution in [2.24, 2.45) is 0 Å². The average molecular weight is 202 g/mol. The zero-order chi connectivity index (χ0) is 11.1. The number of ether oxygens (including phenoxy) is 2. The number of methoxy groups -OCH3 is 1. The SMILES string of the molecule is [B]C1(C)CC(=O)c2ccc(OC)cc2O1. The molecule has 1 unspecified atom stereocenters. The number of Topliss-reactive ketones (excluding diaryl/α,β-unsaturated/α-hetero) is 1. The third kappa shape index (κ3) is 1.84. The van der Waals surface area contributed by atoms with Gasteiger partial charge in [-0.2, -0.15) is 0 Å². The van der Waals surface area contributed by atoms with E-state index in [1.54, 1.807) is 32.2 Å². The maximum atomic E-state index is 11.7. The van der Waals surface area contributed by atoms with Crippen LogP contribution in [0.25, 0.3) is 0 Å². The highest BCUT2D eigenvalue weighted by atomic mass is 16.5. The van der Waals surface area contributed by atoms with Crippen LogP contribution in [0.1, 0.15) is 23.7 Å². The molecular weight excluding hydrogens is 191 g/mol. The van der Waals surface area contributed by atoms with Crippen molar-refractivity contribution >= 4 is 13.6 Å². The molecular formula is C11H11BO3. The van der Waals surface area contributed by atoms with Gasteiger partial charge >= 0.3 is 0 Å². The molecule has 0 amide bonds. The van der Waals surface area contributed by atoms with Gasteiger partial charge in [0.25, 0.3) is 0 Å². The Balaban J connectivity index is 2.46. The minimum atomic E-state index is -0.920. The summed E-state index contributed by atoms with van der Waals surface area (Å²) >= 11 is 0. The second-order valence-electron chi connectivity index (χ2n) is 3.88. The van der Waals surface area contributed by atoms with Crippen LogP contribution in [0.4, 0.5) is 0 Å². The smallest absolute Gasteiger partial charge is 0.169 e. The van der Waals surface area contributed by atoms with Gasteiger partial charge in [-0.15, -0.1) is 0 Å². The lowest BCUT2D eigenvalue weighted by Gasteiger charge is -2.32. The summed E-state index contributed by atoms with van der Waals surface area (Å²) in [6, 6.07) is 5.11. The van der Waals surface area contributed by atoms with Crippen molar-refractivity contribution in [3.05, 3.63) is 23.8 Å². The van der Waals surface area contributed by atoms with Crippen LogP contribution < -0.4 is 9.47 Å². The molecule has 0 saturated carbocycles. The Labute approximate surface area is 89.8 Å². The second kappa shape index (κ2) is 3.30. The average Bonchev–Trinajstić information content (AvgIpc) is 2.14. The molecule has 0 spiro atoms. The molecule has 1 aliphatic heterocycles. The van der Waals surface area contributed by atoms with Crippen molar-refractivity contribution in [2.75, 3.05) is 7.11 Å². The fourth-order valence-electron chi connectivity index (χ4n) is 1.65. The van der Waals surface area contributed by atoms with Gasteiger partial charge in [-0.3, -0.25) is 4.79 Å². The van der Waals surface area contributed by atoms with Gasteiger partial charge in [0.2, 0.25) is 0 Å². The molecule has 0 aliphatic carbocycles. The Morgan fingerprint density at radius 1 is 1.53 bits per heavy atom. The largest absolute Gasteiger partial charge is 0.497 e. The zero-order valence-corrected chi connectivity index (χ0v) is 8.74. The Kier molecular flexibility index (Phi) is 2.22. The highest BCUT2D eigenvalue weighted by Gasteiger charge is 2.31. The molecule has 1 atom stereocenters. The normalized spacial score (nSPS) is 24.3. The number of rotatable bonds is 1. The molecule has 1 aromatic carbocycles. The summed E-state index contributed by atoms with van der Waals surface area (Å²) in [4.78, 5) is 11.7. The highest BCUT2D eigenvalue weighted by molar-refractivity contribution is 6.18. The quantitative estimate of drug-likeness (QED) is 0.648. The van der Waals surface area contributed by atoms with Gasteiger partial charge < -0.3 is 9.47 Å². The monoisotopic (exact) mass is 202 g/mol. The maximum Gasteiger partial charge on any atom is 0.169 e. The van der Waals surface area contributed by atoms with E-state index in [0.29, 0.717) is 17.1 Å². The van der Waals surface area contributed by atoms with E-state index >= 15 is 0 Å². The van der Waals surface area contributed by atoms with Crippen LogP contribution in [0.15, 0.2) is 18.2 Å². The number of fused-ring (bicyclic) bond motifs is 1. The summed E-state index contributed by atoms with van der Waals surface area (Å²) in [6.45, 7) is 1.69. The first-order valence-corrected chi connectivity index (χ1v) is 4.71. The van der Waals surface area contributed by atoms with E-state index in [-0.39, 0.29) is 12.2 Å². The zero-order valence-electron chi connectivity index (χ0n) is 8.74. The lowest BCUT2D eigenvalue weighted by Crippen LogP contribution is -2.39. The van der Waals surface area contributed by atoms with Gasteiger partial charge in [0.15, 0.2) is 5.78 Å². The van der Waals surface area contributed by atoms with Gasteiger partial charge in [0.05, 0.1) is 18.2 Å². The molecule has 15 heavy (non-hydrogen) atoms. The Morgan fingerprint density at radius 2 is 2.27 bits per heavy atom. The number of hydrogen-bond donors (Lipinski definition) is 0. The summed E-state index contributed by atoms with van der Waals surface area (Å²) in [5.41, 5.74) is -0.352. The first kappa shape index (κ1) is 10.1. The van der Waals surface area contributed by atoms with Crippen LogP contribution >= 0.6 is 0 Å². The minimum absolute atomic E-state index is 0.00361. The number of carbonyl (C=O) groups is 1. The van der Waals surface area contributed by atoms with E-state index < -0.39 is 5.50 Å². The molecule has 2 radical (unpaired) electrons. The summed E-state index contributed by atoms with van der Waals surface area (Å²) < 4.78 is 10.6. The first-order chi connectivity index (χ1) is 7.02. The topological polar surface area (TPSA) is 35.5 Å². The molecule has 0 N–H and O–H groups in total. The van der Waals surface area contributed by atoms with Crippen molar-refractivity contribution in [3.63, 3.8) is 0 Å². The molecule has 1 heterocycles. The van der Waals surface area contributed by atoms with Crippen molar-refractivity contribution < 1.29 is 14.3 Å². The molecule has 1 aliphatic rings. The van der Waals surface area contributed by atoms with Gasteiger partial charge in [0.1, 0.15) is 19.3 Å². The van der Waals surface area contributed by atoms with Crippen molar-refractivity contribution in [2.45, 2.75) is 18.8 Å². The highest BCUT2D eigenvalue weighted by Crippen LogP contribution is 2.34. The minimum Gasteiger partial charge on any atom is -0.497 e. The van der Waals surface area contributed by atoms with Crippen molar-refractivity contribution in [1.82, 2.24) is 0 Å². The standard InChI is InChI=1S/C11H11BO3/c1-11(12)6-9(13)8-4-3-7(14-2)5-10(8)15-11/h3-5H,6H2,1-2H3. The summed E-state index contributed by atoms with van der Waals surface area (Å²) in [5.74, 6) is 1.15. The van der Waals surface area contributed by atoms with E-state index in [9.17, 15) is 4.79 Å². The van der Waals surface area contributed by atoms with Gasteiger partial charge in [-0.25, -0.2) is 0 Å². The third-order valence-corrected chi connectivity index (χ3v) is 2.34. The van der Waals surface area contributed by atoms with E-state index in [0.717, 1.165) is 0 Å². The fraction of sp³-hybridized carbons (Fsp3) is 0.364. The number of hydrogen-bond acceptors (Lipinski definition) is 3. The molecule has 0 bridgehead atoms. The molecule has 3 nitrogen and oxygen atoms in total. The maximum absolute atomic E-state index is 11.7. The number of carbonyl (C=O) groups excluding carboxylic acids is 1. The van der Waals surface area contributed by atoms with Crippen LogP contribution in [-0.2, 0) is 0 Å². The van der Waals surface area contributed by atoms with Crippen LogP contribution in [0.2, 0.25) is 0 Å². The van der Waals surface area contributed by atoms with Crippen LogP contribution in [0.3, 0.4) is 0 Å². The fourth-order valence-corrected chi connectivity index (χ4v) is 1.65. The van der Waals surface area contributed by atoms with Gasteiger partial charge in [-0.1, -0.05) is 0 Å². The number of benzene rings is 1. The van der Waals surface area contributed by atoms with Crippen molar-refractivity contribution in [3.8, 4) is 11.5 Å². The molecule has 0 aromatic heterocycles. The lowest BCUT2D eigenvalue weighted by atomic mass is 9.76. The Bertz CT molecular complexity index is 412. The first-order valence-electron chi connectivity index (χ1n) is 4.71. The molecule has 2 rings (SSSR count). The predicted octanol–water partition coefficient (Wildman–Crippen LogP) is 1.55. The summed E-state index contributed by atoms with van der Waals surface area (Å²) in [5, 5.41) is 0. The van der Waals surface area contributed by atoms with E-state index in [2.05, 4.69) is 0 Å². The molecule has 1 aromatic rings. The van der Waals surface area contributed by atoms with Gasteiger partial charge in [-0.05, 0) is 19.1 Å². The predicted molar refractivity (Wildman–Crippen MR) is 56.7 cm³/mol. The second-order valence-corrected chi connectivity index (χ2v) is 3.88. The Hall–Kier alpha value is -1.45. The van der Waals surface area contributed by atoms with Crippen LogP contribution in [-0.4, -0.2) is 26.2 Å². The van der Waals surface area contributed by atoms with Gasteiger partial charge in [0, 0.05) is 12.5 Å². The van der Waals surface area contributed by atoms with Crippen LogP contribution in [0.5, 0.6) is 11.5 Å².